The van der Waals surface area contributed by atoms with Crippen LogP contribution in [0.4, 0.5) is 0 Å². The van der Waals surface area contributed by atoms with E-state index < -0.39 is 6.10 Å². The molecule has 5 nitrogen and oxygen atoms in total. The third-order valence-electron chi connectivity index (χ3n) is 4.92. The summed E-state index contributed by atoms with van der Waals surface area (Å²) >= 11 is 0. The maximum atomic E-state index is 12.8. The van der Waals surface area contributed by atoms with Gasteiger partial charge in [-0.1, -0.05) is 39.8 Å². The molecule has 5 heteroatoms. The molecule has 158 valence electrons. The molecule has 0 saturated carbocycles. The Kier molecular flexibility index (Phi) is 7.54. The van der Waals surface area contributed by atoms with Crippen LogP contribution in [0, 0.1) is 0 Å². The molecule has 2 aromatic rings. The van der Waals surface area contributed by atoms with Gasteiger partial charge in [-0.3, -0.25) is 4.79 Å². The maximum Gasteiger partial charge on any atom is 0.261 e. The van der Waals surface area contributed by atoms with E-state index in [9.17, 15) is 4.79 Å². The van der Waals surface area contributed by atoms with Crippen LogP contribution in [0.25, 0.3) is 0 Å². The van der Waals surface area contributed by atoms with Crippen LogP contribution in [-0.2, 0) is 10.2 Å². The van der Waals surface area contributed by atoms with Crippen molar-refractivity contribution in [3.8, 4) is 17.2 Å². The number of methoxy groups -OCH3 is 2. The molecule has 0 bridgehead atoms. The maximum absolute atomic E-state index is 12.8. The van der Waals surface area contributed by atoms with Crippen molar-refractivity contribution in [2.75, 3.05) is 14.2 Å². The minimum absolute atomic E-state index is 0.0747. The molecule has 0 aromatic heterocycles. The van der Waals surface area contributed by atoms with Gasteiger partial charge in [-0.15, -0.1) is 0 Å². The van der Waals surface area contributed by atoms with Gasteiger partial charge in [-0.25, -0.2) is 0 Å². The van der Waals surface area contributed by atoms with Crippen molar-refractivity contribution < 1.29 is 19.0 Å². The van der Waals surface area contributed by atoms with Crippen molar-refractivity contribution in [2.24, 2.45) is 0 Å². The molecule has 0 heterocycles. The van der Waals surface area contributed by atoms with Crippen LogP contribution in [0.2, 0.25) is 0 Å². The summed E-state index contributed by atoms with van der Waals surface area (Å²) in [6, 6.07) is 13.2. The van der Waals surface area contributed by atoms with Crippen molar-refractivity contribution in [1.82, 2.24) is 5.32 Å². The fourth-order valence-electron chi connectivity index (χ4n) is 3.08. The number of rotatable bonds is 8. The van der Waals surface area contributed by atoms with E-state index in [2.05, 4.69) is 26.1 Å². The van der Waals surface area contributed by atoms with E-state index >= 15 is 0 Å². The van der Waals surface area contributed by atoms with Gasteiger partial charge >= 0.3 is 0 Å². The zero-order valence-electron chi connectivity index (χ0n) is 18.5. The fraction of sp³-hybridized carbons (Fsp3) is 0.458. The highest BCUT2D eigenvalue weighted by Gasteiger charge is 2.23. The zero-order valence-corrected chi connectivity index (χ0v) is 18.5. The number of ether oxygens (including phenoxy) is 3. The number of carbonyl (C=O) groups is 1. The largest absolute Gasteiger partial charge is 0.497 e. The van der Waals surface area contributed by atoms with E-state index in [1.807, 2.05) is 56.3 Å². The van der Waals surface area contributed by atoms with E-state index in [0.29, 0.717) is 23.7 Å². The number of benzene rings is 2. The predicted molar refractivity (Wildman–Crippen MR) is 116 cm³/mol. The molecule has 0 saturated heterocycles. The van der Waals surface area contributed by atoms with Crippen LogP contribution in [0.3, 0.4) is 0 Å². The van der Waals surface area contributed by atoms with Crippen molar-refractivity contribution in [3.05, 3.63) is 53.6 Å². The summed E-state index contributed by atoms with van der Waals surface area (Å²) in [5.74, 6) is 1.94. The summed E-state index contributed by atoms with van der Waals surface area (Å²) in [5, 5.41) is 3.03. The van der Waals surface area contributed by atoms with Crippen LogP contribution in [0.15, 0.2) is 42.5 Å². The van der Waals surface area contributed by atoms with Crippen molar-refractivity contribution in [3.63, 3.8) is 0 Å². The van der Waals surface area contributed by atoms with Gasteiger partial charge in [-0.05, 0) is 54.7 Å². The molecule has 29 heavy (non-hydrogen) atoms. The molecule has 1 N–H and O–H groups in total. The molecule has 2 rings (SSSR count). The zero-order chi connectivity index (χ0) is 21.6. The molecular formula is C24H33NO4. The average molecular weight is 400 g/mol. The van der Waals surface area contributed by atoms with Gasteiger partial charge < -0.3 is 19.5 Å². The number of carbonyl (C=O) groups excluding carboxylic acids is 1. The number of hydrogen-bond acceptors (Lipinski definition) is 4. The van der Waals surface area contributed by atoms with Crippen LogP contribution >= 0.6 is 0 Å². The van der Waals surface area contributed by atoms with Crippen LogP contribution in [-0.4, -0.2) is 26.2 Å². The van der Waals surface area contributed by atoms with E-state index in [-0.39, 0.29) is 17.4 Å². The summed E-state index contributed by atoms with van der Waals surface area (Å²) in [7, 11) is 3.22. The van der Waals surface area contributed by atoms with Crippen molar-refractivity contribution >= 4 is 5.91 Å². The van der Waals surface area contributed by atoms with E-state index in [1.54, 1.807) is 14.2 Å². The Morgan fingerprint density at radius 1 is 1.00 bits per heavy atom. The number of hydrogen-bond donors (Lipinski definition) is 1. The number of amides is 1. The molecule has 0 aliphatic carbocycles. The second-order valence-corrected chi connectivity index (χ2v) is 8.13. The Morgan fingerprint density at radius 3 is 2.14 bits per heavy atom. The summed E-state index contributed by atoms with van der Waals surface area (Å²) in [4.78, 5) is 12.8. The monoisotopic (exact) mass is 399 g/mol. The molecule has 0 radical (unpaired) electrons. The standard InChI is InChI=1S/C24H33NO4/c1-8-21(29-18-11-9-17(10-12-18)24(3,4)5)23(26)25-16(2)20-15-19(27-6)13-14-22(20)28-7/h9-16,21H,8H2,1-7H3,(H,25,26)/t16-,21-/m1/s1. The van der Waals surface area contributed by atoms with Gasteiger partial charge in [0.2, 0.25) is 0 Å². The van der Waals surface area contributed by atoms with Gasteiger partial charge in [-0.2, -0.15) is 0 Å². The van der Waals surface area contributed by atoms with E-state index in [1.165, 1.54) is 5.56 Å². The Morgan fingerprint density at radius 2 is 1.62 bits per heavy atom. The Bertz CT molecular complexity index is 809. The molecule has 2 atom stereocenters. The second-order valence-electron chi connectivity index (χ2n) is 8.13. The van der Waals surface area contributed by atoms with Gasteiger partial charge in [0.25, 0.3) is 5.91 Å². The quantitative estimate of drug-likeness (QED) is 0.676. The third kappa shape index (κ3) is 5.89. The molecule has 0 spiro atoms. The van der Waals surface area contributed by atoms with Gasteiger partial charge in [0.1, 0.15) is 17.2 Å². The Labute approximate surface area is 174 Å². The topological polar surface area (TPSA) is 56.8 Å². The smallest absolute Gasteiger partial charge is 0.261 e. The molecule has 0 unspecified atom stereocenters. The fourth-order valence-corrected chi connectivity index (χ4v) is 3.08. The lowest BCUT2D eigenvalue weighted by Crippen LogP contribution is -2.39. The van der Waals surface area contributed by atoms with Gasteiger partial charge in [0.15, 0.2) is 6.10 Å². The van der Waals surface area contributed by atoms with Gasteiger partial charge in [0.05, 0.1) is 20.3 Å². The minimum atomic E-state index is -0.575. The normalized spacial score (nSPS) is 13.3. The second kappa shape index (κ2) is 9.68. The molecule has 0 aliphatic heterocycles. The molecule has 0 aliphatic rings. The Hall–Kier alpha value is -2.69. The molecule has 1 amide bonds. The predicted octanol–water partition coefficient (Wildman–Crippen LogP) is 5.04. The van der Waals surface area contributed by atoms with Gasteiger partial charge in [0, 0.05) is 5.56 Å². The highest BCUT2D eigenvalue weighted by Crippen LogP contribution is 2.29. The summed E-state index contributed by atoms with van der Waals surface area (Å²) < 4.78 is 16.7. The Balaban J connectivity index is 2.10. The molecular weight excluding hydrogens is 366 g/mol. The van der Waals surface area contributed by atoms with E-state index in [0.717, 1.165) is 5.56 Å². The molecule has 2 aromatic carbocycles. The lowest BCUT2D eigenvalue weighted by Gasteiger charge is -2.23. The lowest BCUT2D eigenvalue weighted by atomic mass is 9.87. The summed E-state index contributed by atoms with van der Waals surface area (Å²) in [6.07, 6.45) is -0.0102. The summed E-state index contributed by atoms with van der Waals surface area (Å²) in [5.41, 5.74) is 2.15. The van der Waals surface area contributed by atoms with Crippen molar-refractivity contribution in [2.45, 2.75) is 58.6 Å². The van der Waals surface area contributed by atoms with Crippen LogP contribution < -0.4 is 19.5 Å². The van der Waals surface area contributed by atoms with Crippen LogP contribution in [0.1, 0.15) is 58.2 Å². The first kappa shape index (κ1) is 22.6. The lowest BCUT2D eigenvalue weighted by molar-refractivity contribution is -0.128. The van der Waals surface area contributed by atoms with Crippen LogP contribution in [0.5, 0.6) is 17.2 Å². The first-order chi connectivity index (χ1) is 13.7. The third-order valence-corrected chi connectivity index (χ3v) is 4.92. The SMILES string of the molecule is CC[C@@H](Oc1ccc(C(C)(C)C)cc1)C(=O)N[C@H](C)c1cc(OC)ccc1OC. The highest BCUT2D eigenvalue weighted by molar-refractivity contribution is 5.81. The summed E-state index contributed by atoms with van der Waals surface area (Å²) in [6.45, 7) is 10.3. The first-order valence-electron chi connectivity index (χ1n) is 9.99. The minimum Gasteiger partial charge on any atom is -0.497 e. The average Bonchev–Trinajstić information content (AvgIpc) is 2.70. The first-order valence-corrected chi connectivity index (χ1v) is 9.99. The van der Waals surface area contributed by atoms with Crippen molar-refractivity contribution in [1.29, 1.82) is 0 Å². The molecule has 0 fully saturated rings. The van der Waals surface area contributed by atoms with E-state index in [4.69, 9.17) is 14.2 Å². The highest BCUT2D eigenvalue weighted by atomic mass is 16.5. The number of nitrogens with one attached hydrogen (secondary N) is 1.